The van der Waals surface area contributed by atoms with Crippen molar-refractivity contribution in [2.24, 2.45) is 0 Å². The molecule has 0 heterocycles. The van der Waals surface area contributed by atoms with Crippen LogP contribution < -0.4 is 0 Å². The van der Waals surface area contributed by atoms with Gasteiger partial charge >= 0.3 is 5.97 Å². The van der Waals surface area contributed by atoms with Crippen molar-refractivity contribution in [3.8, 4) is 11.1 Å². The van der Waals surface area contributed by atoms with Crippen molar-refractivity contribution in [2.75, 3.05) is 6.26 Å². The molecule has 21 heavy (non-hydrogen) atoms. The molecule has 0 saturated carbocycles. The molecular formula is C14H10F2O4S. The first-order valence-electron chi connectivity index (χ1n) is 5.73. The van der Waals surface area contributed by atoms with Gasteiger partial charge in [0.05, 0.1) is 10.5 Å². The third-order valence-electron chi connectivity index (χ3n) is 2.89. The van der Waals surface area contributed by atoms with Crippen LogP contribution in [-0.4, -0.2) is 25.7 Å². The van der Waals surface area contributed by atoms with Gasteiger partial charge in [0.2, 0.25) is 0 Å². The van der Waals surface area contributed by atoms with Crippen LogP contribution in [0.15, 0.2) is 41.3 Å². The van der Waals surface area contributed by atoms with Crippen molar-refractivity contribution in [1.82, 2.24) is 0 Å². The van der Waals surface area contributed by atoms with Gasteiger partial charge in [-0.05, 0) is 23.8 Å². The standard InChI is InChI=1S/C14H10F2O4S/c1-21(19,20)9-4-2-3-8(7-9)10-5-6-11(14(17)18)13(16)12(10)15/h2-7H,1H3,(H,17,18). The molecule has 0 radical (unpaired) electrons. The van der Waals surface area contributed by atoms with Crippen molar-refractivity contribution in [1.29, 1.82) is 0 Å². The van der Waals surface area contributed by atoms with E-state index in [2.05, 4.69) is 0 Å². The van der Waals surface area contributed by atoms with Gasteiger partial charge in [0.15, 0.2) is 21.5 Å². The van der Waals surface area contributed by atoms with E-state index in [-0.39, 0.29) is 16.0 Å². The fraction of sp³-hybridized carbons (Fsp3) is 0.0714. The predicted molar refractivity (Wildman–Crippen MR) is 71.9 cm³/mol. The van der Waals surface area contributed by atoms with Crippen LogP contribution in [0, 0.1) is 11.6 Å². The van der Waals surface area contributed by atoms with Gasteiger partial charge in [0.1, 0.15) is 0 Å². The van der Waals surface area contributed by atoms with E-state index in [4.69, 9.17) is 5.11 Å². The Bertz CT molecular complexity index is 829. The molecule has 0 aromatic heterocycles. The summed E-state index contributed by atoms with van der Waals surface area (Å²) in [5.74, 6) is -4.40. The van der Waals surface area contributed by atoms with Gasteiger partial charge in [-0.3, -0.25) is 0 Å². The van der Waals surface area contributed by atoms with Gasteiger partial charge in [0, 0.05) is 11.8 Å². The quantitative estimate of drug-likeness (QED) is 0.946. The number of rotatable bonds is 3. The van der Waals surface area contributed by atoms with E-state index < -0.39 is 33.0 Å². The van der Waals surface area contributed by atoms with E-state index in [1.807, 2.05) is 0 Å². The zero-order valence-corrected chi connectivity index (χ0v) is 11.6. The highest BCUT2D eigenvalue weighted by atomic mass is 32.2. The number of hydrogen-bond acceptors (Lipinski definition) is 3. The van der Waals surface area contributed by atoms with Crippen LogP contribution >= 0.6 is 0 Å². The van der Waals surface area contributed by atoms with Gasteiger partial charge in [0.25, 0.3) is 0 Å². The monoisotopic (exact) mass is 312 g/mol. The Morgan fingerprint density at radius 2 is 1.76 bits per heavy atom. The lowest BCUT2D eigenvalue weighted by Crippen LogP contribution is -2.04. The zero-order valence-electron chi connectivity index (χ0n) is 10.8. The first kappa shape index (κ1) is 15.1. The molecule has 0 fully saturated rings. The number of aromatic carboxylic acids is 1. The van der Waals surface area contributed by atoms with Crippen molar-refractivity contribution in [3.63, 3.8) is 0 Å². The van der Waals surface area contributed by atoms with Crippen LogP contribution in [0.3, 0.4) is 0 Å². The van der Waals surface area contributed by atoms with Crippen LogP contribution in [0.5, 0.6) is 0 Å². The Morgan fingerprint density at radius 1 is 1.10 bits per heavy atom. The minimum atomic E-state index is -3.49. The molecular weight excluding hydrogens is 302 g/mol. The summed E-state index contributed by atoms with van der Waals surface area (Å²) in [6.07, 6.45) is 0.997. The summed E-state index contributed by atoms with van der Waals surface area (Å²) in [4.78, 5) is 10.7. The summed E-state index contributed by atoms with van der Waals surface area (Å²) >= 11 is 0. The van der Waals surface area contributed by atoms with Crippen molar-refractivity contribution in [3.05, 3.63) is 53.6 Å². The second-order valence-electron chi connectivity index (χ2n) is 4.39. The summed E-state index contributed by atoms with van der Waals surface area (Å²) in [7, 11) is -3.49. The topological polar surface area (TPSA) is 71.4 Å². The molecule has 0 atom stereocenters. The van der Waals surface area contributed by atoms with E-state index >= 15 is 0 Å². The van der Waals surface area contributed by atoms with Gasteiger partial charge in [-0.15, -0.1) is 0 Å². The fourth-order valence-electron chi connectivity index (χ4n) is 1.83. The number of carboxylic acids is 1. The van der Waals surface area contributed by atoms with Crippen molar-refractivity contribution in [2.45, 2.75) is 4.90 Å². The number of sulfone groups is 1. The minimum Gasteiger partial charge on any atom is -0.478 e. The summed E-state index contributed by atoms with van der Waals surface area (Å²) in [6.45, 7) is 0. The smallest absolute Gasteiger partial charge is 0.338 e. The summed E-state index contributed by atoms with van der Waals surface area (Å²) < 4.78 is 50.5. The average molecular weight is 312 g/mol. The molecule has 2 aromatic rings. The maximum absolute atomic E-state index is 13.9. The highest BCUT2D eigenvalue weighted by Gasteiger charge is 2.19. The molecule has 0 spiro atoms. The molecule has 0 bridgehead atoms. The van der Waals surface area contributed by atoms with E-state index in [1.165, 1.54) is 24.3 Å². The molecule has 2 aromatic carbocycles. The molecule has 4 nitrogen and oxygen atoms in total. The van der Waals surface area contributed by atoms with Crippen molar-refractivity contribution >= 4 is 15.8 Å². The average Bonchev–Trinajstić information content (AvgIpc) is 2.40. The highest BCUT2D eigenvalue weighted by molar-refractivity contribution is 7.90. The minimum absolute atomic E-state index is 0.0397. The molecule has 1 N–H and O–H groups in total. The molecule has 0 amide bonds. The number of benzene rings is 2. The molecule has 7 heteroatoms. The van der Waals surface area contributed by atoms with Crippen LogP contribution in [0.2, 0.25) is 0 Å². The Hall–Kier alpha value is -2.28. The summed E-state index contributed by atoms with van der Waals surface area (Å²) in [5.41, 5.74) is -0.843. The first-order valence-corrected chi connectivity index (χ1v) is 7.62. The third-order valence-corrected chi connectivity index (χ3v) is 4.00. The summed E-state index contributed by atoms with van der Waals surface area (Å²) in [6, 6.07) is 7.37. The van der Waals surface area contributed by atoms with Crippen LogP contribution in [0.1, 0.15) is 10.4 Å². The van der Waals surface area contributed by atoms with Crippen LogP contribution in [0.4, 0.5) is 8.78 Å². The molecule has 0 unspecified atom stereocenters. The zero-order chi connectivity index (χ0) is 15.8. The lowest BCUT2D eigenvalue weighted by Gasteiger charge is -2.08. The van der Waals surface area contributed by atoms with Crippen molar-refractivity contribution < 1.29 is 27.1 Å². The van der Waals surface area contributed by atoms with E-state index in [0.29, 0.717) is 0 Å². The number of hydrogen-bond donors (Lipinski definition) is 1. The van der Waals surface area contributed by atoms with Gasteiger partial charge < -0.3 is 5.11 Å². The number of halogens is 2. The van der Waals surface area contributed by atoms with Gasteiger partial charge in [-0.25, -0.2) is 22.0 Å². The Morgan fingerprint density at radius 3 is 2.33 bits per heavy atom. The molecule has 0 aliphatic carbocycles. The second kappa shape index (κ2) is 5.25. The molecule has 110 valence electrons. The second-order valence-corrected chi connectivity index (χ2v) is 6.41. The van der Waals surface area contributed by atoms with E-state index in [1.54, 1.807) is 0 Å². The van der Waals surface area contributed by atoms with Crippen LogP contribution in [-0.2, 0) is 9.84 Å². The highest BCUT2D eigenvalue weighted by Crippen LogP contribution is 2.28. The van der Waals surface area contributed by atoms with Gasteiger partial charge in [-0.2, -0.15) is 0 Å². The van der Waals surface area contributed by atoms with E-state index in [0.717, 1.165) is 18.4 Å². The fourth-order valence-corrected chi connectivity index (χ4v) is 2.50. The molecule has 0 aliphatic heterocycles. The SMILES string of the molecule is CS(=O)(=O)c1cccc(-c2ccc(C(=O)O)c(F)c2F)c1. The lowest BCUT2D eigenvalue weighted by molar-refractivity contribution is 0.0690. The predicted octanol–water partition coefficient (Wildman–Crippen LogP) is 2.73. The Balaban J connectivity index is 2.64. The van der Waals surface area contributed by atoms with Crippen LogP contribution in [0.25, 0.3) is 11.1 Å². The lowest BCUT2D eigenvalue weighted by atomic mass is 10.0. The number of carboxylic acid groups (broad SMARTS) is 1. The largest absolute Gasteiger partial charge is 0.478 e. The normalized spacial score (nSPS) is 11.4. The molecule has 0 aliphatic rings. The summed E-state index contributed by atoms with van der Waals surface area (Å²) in [5, 5.41) is 8.72. The molecule has 0 saturated heterocycles. The Kier molecular flexibility index (Phi) is 3.78. The van der Waals surface area contributed by atoms with Gasteiger partial charge in [-0.1, -0.05) is 18.2 Å². The maximum Gasteiger partial charge on any atom is 0.338 e. The maximum atomic E-state index is 13.9. The third kappa shape index (κ3) is 2.92. The first-order chi connectivity index (χ1) is 9.71. The van der Waals surface area contributed by atoms with E-state index in [9.17, 15) is 22.0 Å². The Labute approximate surface area is 119 Å². The number of carbonyl (C=O) groups is 1. The molecule has 2 rings (SSSR count).